The number of rotatable bonds is 6. The molecule has 1 rings (SSSR count). The van der Waals surface area contributed by atoms with E-state index >= 15 is 0 Å². The van der Waals surface area contributed by atoms with Crippen molar-refractivity contribution in [3.05, 3.63) is 23.2 Å². The molecule has 0 bridgehead atoms. The number of carboxylic acids is 1. The van der Waals surface area contributed by atoms with Crippen LogP contribution in [0.1, 0.15) is 21.9 Å². The van der Waals surface area contributed by atoms with E-state index in [1.165, 1.54) is 18.0 Å². The van der Waals surface area contributed by atoms with Crippen molar-refractivity contribution in [1.29, 1.82) is 0 Å². The fourth-order valence-electron chi connectivity index (χ4n) is 1.21. The molecule has 0 amide bonds. The van der Waals surface area contributed by atoms with E-state index in [-0.39, 0.29) is 11.5 Å². The van der Waals surface area contributed by atoms with Crippen LogP contribution >= 0.6 is 11.8 Å². The van der Waals surface area contributed by atoms with E-state index < -0.39 is 15.8 Å². The van der Waals surface area contributed by atoms with Crippen LogP contribution in [-0.4, -0.2) is 37.3 Å². The molecule has 0 aliphatic heterocycles. The highest BCUT2D eigenvalue weighted by atomic mass is 32.2. The third-order valence-electron chi connectivity index (χ3n) is 2.01. The van der Waals surface area contributed by atoms with Crippen molar-refractivity contribution in [3.8, 4) is 0 Å². The summed E-state index contributed by atoms with van der Waals surface area (Å²) in [4.78, 5) is 10.7. The summed E-state index contributed by atoms with van der Waals surface area (Å²) in [5, 5.41) is 8.78. The van der Waals surface area contributed by atoms with E-state index in [2.05, 4.69) is 0 Å². The SMILES string of the molecule is Cc1cc(CSCCS(C)(=O)=O)oc1C(=O)O. The van der Waals surface area contributed by atoms with Crippen molar-refractivity contribution in [1.82, 2.24) is 0 Å². The number of hydrogen-bond donors (Lipinski definition) is 1. The first-order chi connectivity index (χ1) is 7.79. The first-order valence-corrected chi connectivity index (χ1v) is 8.09. The zero-order valence-corrected chi connectivity index (χ0v) is 11.2. The highest BCUT2D eigenvalue weighted by Gasteiger charge is 2.14. The van der Waals surface area contributed by atoms with Gasteiger partial charge in [0.2, 0.25) is 5.76 Å². The Kier molecular flexibility index (Phi) is 4.64. The Balaban J connectivity index is 2.48. The Labute approximate surface area is 104 Å². The number of thioether (sulfide) groups is 1. The first-order valence-electron chi connectivity index (χ1n) is 4.87. The number of sulfone groups is 1. The highest BCUT2D eigenvalue weighted by molar-refractivity contribution is 7.99. The van der Waals surface area contributed by atoms with Crippen molar-refractivity contribution in [2.45, 2.75) is 12.7 Å². The van der Waals surface area contributed by atoms with Gasteiger partial charge in [0.1, 0.15) is 15.6 Å². The Bertz CT molecular complexity index is 501. The quantitative estimate of drug-likeness (QED) is 0.795. The molecule has 1 aromatic heterocycles. The summed E-state index contributed by atoms with van der Waals surface area (Å²) >= 11 is 1.40. The second kappa shape index (κ2) is 5.59. The molecule has 0 saturated carbocycles. The van der Waals surface area contributed by atoms with Gasteiger partial charge in [-0.1, -0.05) is 0 Å². The van der Waals surface area contributed by atoms with Gasteiger partial charge in [0.15, 0.2) is 0 Å². The minimum absolute atomic E-state index is 0.0521. The second-order valence-electron chi connectivity index (χ2n) is 3.71. The van der Waals surface area contributed by atoms with Gasteiger partial charge >= 0.3 is 5.97 Å². The van der Waals surface area contributed by atoms with Crippen LogP contribution in [0, 0.1) is 6.92 Å². The van der Waals surface area contributed by atoms with E-state index in [1.54, 1.807) is 13.0 Å². The monoisotopic (exact) mass is 278 g/mol. The summed E-state index contributed by atoms with van der Waals surface area (Å²) in [6.45, 7) is 1.66. The third-order valence-corrected chi connectivity index (χ3v) is 4.19. The van der Waals surface area contributed by atoms with Crippen LogP contribution in [0.4, 0.5) is 0 Å². The van der Waals surface area contributed by atoms with Crippen molar-refractivity contribution in [3.63, 3.8) is 0 Å². The molecular formula is C10H14O5S2. The number of carbonyl (C=O) groups is 1. The van der Waals surface area contributed by atoms with Crippen LogP contribution in [-0.2, 0) is 15.6 Å². The van der Waals surface area contributed by atoms with E-state index in [0.717, 1.165) is 0 Å². The Hall–Kier alpha value is -0.950. The van der Waals surface area contributed by atoms with Gasteiger partial charge in [-0.05, 0) is 13.0 Å². The van der Waals surface area contributed by atoms with Gasteiger partial charge in [0.25, 0.3) is 0 Å². The Morgan fingerprint density at radius 2 is 2.18 bits per heavy atom. The summed E-state index contributed by atoms with van der Waals surface area (Å²) in [5.41, 5.74) is 0.580. The predicted molar refractivity (Wildman–Crippen MR) is 66.3 cm³/mol. The molecule has 1 heterocycles. The van der Waals surface area contributed by atoms with Gasteiger partial charge in [0.05, 0.1) is 11.5 Å². The maximum absolute atomic E-state index is 10.9. The van der Waals surface area contributed by atoms with E-state index in [1.807, 2.05) is 0 Å². The molecule has 0 saturated heterocycles. The predicted octanol–water partition coefficient (Wildman–Crippen LogP) is 1.56. The molecule has 0 aromatic carbocycles. The molecule has 1 N–H and O–H groups in total. The van der Waals surface area contributed by atoms with Gasteiger partial charge in [-0.25, -0.2) is 13.2 Å². The summed E-state index contributed by atoms with van der Waals surface area (Å²) in [5.74, 6) is 0.477. The average Bonchev–Trinajstić information content (AvgIpc) is 2.53. The lowest BCUT2D eigenvalue weighted by Gasteiger charge is -1.97. The van der Waals surface area contributed by atoms with E-state index in [0.29, 0.717) is 22.8 Å². The van der Waals surface area contributed by atoms with Crippen LogP contribution in [0.15, 0.2) is 10.5 Å². The molecule has 96 valence electrons. The van der Waals surface area contributed by atoms with Gasteiger partial charge in [-0.3, -0.25) is 0 Å². The molecule has 0 aliphatic carbocycles. The highest BCUT2D eigenvalue weighted by Crippen LogP contribution is 2.19. The number of aromatic carboxylic acids is 1. The van der Waals surface area contributed by atoms with Gasteiger partial charge < -0.3 is 9.52 Å². The largest absolute Gasteiger partial charge is 0.475 e. The number of furan rings is 1. The third kappa shape index (κ3) is 4.82. The molecule has 0 radical (unpaired) electrons. The van der Waals surface area contributed by atoms with Gasteiger partial charge in [-0.15, -0.1) is 0 Å². The molecule has 0 unspecified atom stereocenters. The normalized spacial score (nSPS) is 11.6. The molecule has 0 atom stereocenters. The van der Waals surface area contributed by atoms with Crippen molar-refractivity contribution in [2.24, 2.45) is 0 Å². The summed E-state index contributed by atoms with van der Waals surface area (Å²) in [7, 11) is -2.94. The average molecular weight is 278 g/mol. The Morgan fingerprint density at radius 3 is 2.65 bits per heavy atom. The lowest BCUT2D eigenvalue weighted by molar-refractivity contribution is 0.0659. The minimum Gasteiger partial charge on any atom is -0.475 e. The summed E-state index contributed by atoms with van der Waals surface area (Å²) in [6.07, 6.45) is 1.19. The number of hydrogen-bond acceptors (Lipinski definition) is 5. The molecule has 1 aromatic rings. The number of aryl methyl sites for hydroxylation is 1. The topological polar surface area (TPSA) is 84.6 Å². The summed E-state index contributed by atoms with van der Waals surface area (Å²) in [6, 6.07) is 1.66. The van der Waals surface area contributed by atoms with Crippen molar-refractivity contribution < 1.29 is 22.7 Å². The fraction of sp³-hybridized carbons (Fsp3) is 0.500. The lowest BCUT2D eigenvalue weighted by Crippen LogP contribution is -2.05. The molecule has 0 aliphatic rings. The first kappa shape index (κ1) is 14.1. The smallest absolute Gasteiger partial charge is 0.372 e. The standard InChI is InChI=1S/C10H14O5S2/c1-7-5-8(15-9(7)10(11)12)6-16-3-4-17(2,13)14/h5H,3-4,6H2,1-2H3,(H,11,12). The molecule has 7 heteroatoms. The fourth-order valence-corrected chi connectivity index (χ4v) is 3.38. The lowest BCUT2D eigenvalue weighted by atomic mass is 10.3. The van der Waals surface area contributed by atoms with Crippen LogP contribution in [0.25, 0.3) is 0 Å². The zero-order chi connectivity index (χ0) is 13.1. The Morgan fingerprint density at radius 1 is 1.53 bits per heavy atom. The van der Waals surface area contributed by atoms with Crippen molar-refractivity contribution >= 4 is 27.6 Å². The van der Waals surface area contributed by atoms with Crippen LogP contribution in [0.2, 0.25) is 0 Å². The van der Waals surface area contributed by atoms with Gasteiger partial charge in [0, 0.05) is 17.6 Å². The molecular weight excluding hydrogens is 264 g/mol. The molecule has 0 fully saturated rings. The molecule has 0 spiro atoms. The maximum Gasteiger partial charge on any atom is 0.372 e. The minimum atomic E-state index is -2.94. The van der Waals surface area contributed by atoms with E-state index in [9.17, 15) is 13.2 Å². The maximum atomic E-state index is 10.9. The number of carboxylic acid groups (broad SMARTS) is 1. The van der Waals surface area contributed by atoms with Crippen LogP contribution in [0.5, 0.6) is 0 Å². The molecule has 5 nitrogen and oxygen atoms in total. The van der Waals surface area contributed by atoms with Crippen LogP contribution in [0.3, 0.4) is 0 Å². The zero-order valence-electron chi connectivity index (χ0n) is 9.60. The van der Waals surface area contributed by atoms with E-state index in [4.69, 9.17) is 9.52 Å². The summed E-state index contributed by atoms with van der Waals surface area (Å²) < 4.78 is 26.9. The van der Waals surface area contributed by atoms with Crippen LogP contribution < -0.4 is 0 Å². The second-order valence-corrected chi connectivity index (χ2v) is 7.08. The van der Waals surface area contributed by atoms with Gasteiger partial charge in [-0.2, -0.15) is 11.8 Å². The molecule has 17 heavy (non-hydrogen) atoms. The van der Waals surface area contributed by atoms with Crippen molar-refractivity contribution in [2.75, 3.05) is 17.8 Å².